The number of amides is 2. The first kappa shape index (κ1) is 21.3. The highest BCUT2D eigenvalue weighted by Gasteiger charge is 2.22. The Morgan fingerprint density at radius 3 is 2.56 bits per heavy atom. The molecular weight excluding hydrogens is 342 g/mol. The molecule has 0 unspecified atom stereocenters. The van der Waals surface area contributed by atoms with Gasteiger partial charge in [0.05, 0.1) is 19.2 Å². The molecule has 0 heterocycles. The van der Waals surface area contributed by atoms with Crippen molar-refractivity contribution in [1.82, 2.24) is 10.6 Å². The van der Waals surface area contributed by atoms with Crippen LogP contribution in [0.3, 0.4) is 0 Å². The van der Waals surface area contributed by atoms with Gasteiger partial charge in [-0.25, -0.2) is 0 Å². The predicted octanol–water partition coefficient (Wildman–Crippen LogP) is 1.61. The first-order valence-corrected chi connectivity index (χ1v) is 8.48. The minimum absolute atomic E-state index is 0. The molecule has 0 aliphatic heterocycles. The number of nitrogens with one attached hydrogen (secondary N) is 2. The highest BCUT2D eigenvalue weighted by molar-refractivity contribution is 5.87. The van der Waals surface area contributed by atoms with Crippen molar-refractivity contribution in [2.75, 3.05) is 13.2 Å². The molecule has 0 saturated heterocycles. The molecule has 1 aliphatic rings. The Hall–Kier alpha value is -1.79. The average molecular weight is 370 g/mol. The van der Waals surface area contributed by atoms with Crippen LogP contribution < -0.4 is 21.1 Å². The van der Waals surface area contributed by atoms with Crippen molar-refractivity contribution in [3.05, 3.63) is 29.8 Å². The van der Waals surface area contributed by atoms with Gasteiger partial charge in [-0.3, -0.25) is 9.59 Å². The normalized spacial score (nSPS) is 14.4. The molecule has 1 aliphatic carbocycles. The van der Waals surface area contributed by atoms with Gasteiger partial charge in [0.25, 0.3) is 0 Å². The largest absolute Gasteiger partial charge is 0.493 e. The summed E-state index contributed by atoms with van der Waals surface area (Å²) in [6.45, 7) is 4.75. The average Bonchev–Trinajstić information content (AvgIpc) is 3.40. The summed E-state index contributed by atoms with van der Waals surface area (Å²) in [6, 6.07) is 7.06. The predicted molar refractivity (Wildman–Crippen MR) is 99.6 cm³/mol. The first-order valence-electron chi connectivity index (χ1n) is 8.48. The summed E-state index contributed by atoms with van der Waals surface area (Å²) in [5.74, 6) is 0.941. The number of nitrogens with two attached hydrogens (primary N) is 1. The minimum Gasteiger partial charge on any atom is -0.493 e. The van der Waals surface area contributed by atoms with Crippen molar-refractivity contribution in [2.24, 2.45) is 17.6 Å². The van der Waals surface area contributed by atoms with Crippen LogP contribution in [0.25, 0.3) is 0 Å². The number of hydrogen-bond acceptors (Lipinski definition) is 4. The SMILES string of the molecule is CC(C)[C@H](N)C(=O)NCC(=O)NCc1ccccc1OCC1CC1.Cl. The molecule has 4 N–H and O–H groups in total. The Morgan fingerprint density at radius 1 is 1.24 bits per heavy atom. The molecule has 1 saturated carbocycles. The lowest BCUT2D eigenvalue weighted by molar-refractivity contribution is -0.127. The molecule has 2 rings (SSSR count). The van der Waals surface area contributed by atoms with E-state index >= 15 is 0 Å². The van der Waals surface area contributed by atoms with E-state index in [2.05, 4.69) is 10.6 Å². The van der Waals surface area contributed by atoms with E-state index in [-0.39, 0.29) is 36.7 Å². The van der Waals surface area contributed by atoms with Gasteiger partial charge in [0.1, 0.15) is 5.75 Å². The highest BCUT2D eigenvalue weighted by Crippen LogP contribution is 2.30. The van der Waals surface area contributed by atoms with Crippen LogP contribution >= 0.6 is 12.4 Å². The zero-order chi connectivity index (χ0) is 17.5. The number of carbonyl (C=O) groups is 2. The van der Waals surface area contributed by atoms with Crippen LogP contribution in [0.5, 0.6) is 5.75 Å². The van der Waals surface area contributed by atoms with Crippen molar-refractivity contribution in [1.29, 1.82) is 0 Å². The van der Waals surface area contributed by atoms with Crippen molar-refractivity contribution >= 4 is 24.2 Å². The summed E-state index contributed by atoms with van der Waals surface area (Å²) in [6.07, 6.45) is 2.47. The van der Waals surface area contributed by atoms with Gasteiger partial charge in [-0.05, 0) is 30.7 Å². The smallest absolute Gasteiger partial charge is 0.239 e. The van der Waals surface area contributed by atoms with Crippen LogP contribution in [0.4, 0.5) is 0 Å². The standard InChI is InChI=1S/C18H27N3O3.ClH/c1-12(2)17(19)18(23)21-10-16(22)20-9-14-5-3-4-6-15(14)24-11-13-7-8-13;/h3-6,12-13,17H,7-11,19H2,1-2H3,(H,20,22)(H,21,23);1H/t17-;/m0./s1. The Labute approximate surface area is 155 Å². The van der Waals surface area contributed by atoms with E-state index in [0.29, 0.717) is 12.5 Å². The lowest BCUT2D eigenvalue weighted by Gasteiger charge is -2.15. The number of ether oxygens (including phenoxy) is 1. The molecule has 0 aromatic heterocycles. The first-order chi connectivity index (χ1) is 11.5. The molecular formula is C18H28ClN3O3. The van der Waals surface area contributed by atoms with Gasteiger partial charge in [0.2, 0.25) is 11.8 Å². The summed E-state index contributed by atoms with van der Waals surface area (Å²) in [7, 11) is 0. The van der Waals surface area contributed by atoms with Gasteiger partial charge < -0.3 is 21.1 Å². The zero-order valence-corrected chi connectivity index (χ0v) is 15.6. The Kier molecular flexibility index (Phi) is 8.72. The van der Waals surface area contributed by atoms with Gasteiger partial charge in [0.15, 0.2) is 0 Å². The number of carbonyl (C=O) groups excluding carboxylic acids is 2. The maximum Gasteiger partial charge on any atom is 0.239 e. The van der Waals surface area contributed by atoms with Crippen LogP contribution in [-0.2, 0) is 16.1 Å². The third-order valence-corrected chi connectivity index (χ3v) is 4.06. The fourth-order valence-electron chi connectivity index (χ4n) is 2.13. The van der Waals surface area contributed by atoms with E-state index in [1.165, 1.54) is 12.8 Å². The van der Waals surface area contributed by atoms with Crippen LogP contribution in [0, 0.1) is 11.8 Å². The molecule has 1 aromatic rings. The maximum atomic E-state index is 11.9. The second-order valence-electron chi connectivity index (χ2n) is 6.63. The van der Waals surface area contributed by atoms with Gasteiger partial charge in [-0.1, -0.05) is 32.0 Å². The third-order valence-electron chi connectivity index (χ3n) is 4.06. The number of hydrogen-bond donors (Lipinski definition) is 3. The molecule has 140 valence electrons. The lowest BCUT2D eigenvalue weighted by atomic mass is 10.1. The molecule has 0 spiro atoms. The number of halogens is 1. The quantitative estimate of drug-likeness (QED) is 0.616. The third kappa shape index (κ3) is 7.32. The van der Waals surface area contributed by atoms with E-state index in [0.717, 1.165) is 17.9 Å². The number of para-hydroxylation sites is 1. The van der Waals surface area contributed by atoms with E-state index in [1.54, 1.807) is 0 Å². The monoisotopic (exact) mass is 369 g/mol. The number of benzene rings is 1. The fraction of sp³-hybridized carbons (Fsp3) is 0.556. The van der Waals surface area contributed by atoms with Gasteiger partial charge in [-0.15, -0.1) is 12.4 Å². The fourth-order valence-corrected chi connectivity index (χ4v) is 2.13. The molecule has 0 bridgehead atoms. The van der Waals surface area contributed by atoms with Crippen LogP contribution in [0.2, 0.25) is 0 Å². The molecule has 0 radical (unpaired) electrons. The van der Waals surface area contributed by atoms with Crippen LogP contribution in [-0.4, -0.2) is 31.0 Å². The topological polar surface area (TPSA) is 93.5 Å². The number of rotatable bonds is 9. The van der Waals surface area contributed by atoms with Gasteiger partial charge >= 0.3 is 0 Å². The second kappa shape index (κ2) is 10.3. The Bertz CT molecular complexity index is 576. The summed E-state index contributed by atoms with van der Waals surface area (Å²) in [5.41, 5.74) is 6.66. The molecule has 1 aromatic carbocycles. The van der Waals surface area contributed by atoms with Crippen LogP contribution in [0.1, 0.15) is 32.3 Å². The summed E-state index contributed by atoms with van der Waals surface area (Å²) in [5, 5.41) is 5.35. The molecule has 1 atom stereocenters. The molecule has 6 nitrogen and oxygen atoms in total. The molecule has 1 fully saturated rings. The van der Waals surface area contributed by atoms with Crippen LogP contribution in [0.15, 0.2) is 24.3 Å². The molecule has 7 heteroatoms. The van der Waals surface area contributed by atoms with Crippen molar-refractivity contribution in [3.63, 3.8) is 0 Å². The van der Waals surface area contributed by atoms with Crippen molar-refractivity contribution < 1.29 is 14.3 Å². The Morgan fingerprint density at radius 2 is 1.92 bits per heavy atom. The van der Waals surface area contributed by atoms with E-state index in [1.807, 2.05) is 38.1 Å². The lowest BCUT2D eigenvalue weighted by Crippen LogP contribution is -2.47. The van der Waals surface area contributed by atoms with E-state index in [4.69, 9.17) is 10.5 Å². The second-order valence-corrected chi connectivity index (χ2v) is 6.63. The molecule has 2 amide bonds. The van der Waals surface area contributed by atoms with E-state index < -0.39 is 6.04 Å². The maximum absolute atomic E-state index is 11.9. The molecule has 25 heavy (non-hydrogen) atoms. The minimum atomic E-state index is -0.602. The van der Waals surface area contributed by atoms with Gasteiger partial charge in [0, 0.05) is 12.1 Å². The van der Waals surface area contributed by atoms with Crippen molar-refractivity contribution in [3.8, 4) is 5.75 Å². The summed E-state index contributed by atoms with van der Waals surface area (Å²) < 4.78 is 5.81. The summed E-state index contributed by atoms with van der Waals surface area (Å²) >= 11 is 0. The van der Waals surface area contributed by atoms with E-state index in [9.17, 15) is 9.59 Å². The zero-order valence-electron chi connectivity index (χ0n) is 14.8. The summed E-state index contributed by atoms with van der Waals surface area (Å²) in [4.78, 5) is 23.6. The van der Waals surface area contributed by atoms with Crippen molar-refractivity contribution in [2.45, 2.75) is 39.3 Å². The van der Waals surface area contributed by atoms with Gasteiger partial charge in [-0.2, -0.15) is 0 Å². The highest BCUT2D eigenvalue weighted by atomic mass is 35.5. The Balaban J connectivity index is 0.00000312.